The molecular formula is C21H15ClN2O3S. The van der Waals surface area contributed by atoms with Gasteiger partial charge in [-0.15, -0.1) is 0 Å². The molecule has 0 spiro atoms. The lowest BCUT2D eigenvalue weighted by atomic mass is 10.2. The molecule has 4 rings (SSSR count). The number of hydrogen-bond donors (Lipinski definition) is 1. The molecule has 0 bridgehead atoms. The molecule has 1 heterocycles. The molecule has 1 aliphatic rings. The summed E-state index contributed by atoms with van der Waals surface area (Å²) in [7, 11) is 0. The highest BCUT2D eigenvalue weighted by Crippen LogP contribution is 2.47. The number of para-hydroxylation sites is 2. The van der Waals surface area contributed by atoms with Crippen LogP contribution in [0.15, 0.2) is 76.5 Å². The third kappa shape index (κ3) is 3.44. The van der Waals surface area contributed by atoms with E-state index in [2.05, 4.69) is 0 Å². The fraction of sp³-hybridized carbons (Fsp3) is 0.0476. The highest BCUT2D eigenvalue weighted by molar-refractivity contribution is 7.99. The molecule has 2 N–H and O–H groups in total. The number of nitrogens with zero attached hydrogens (tertiary/aromatic N) is 1. The summed E-state index contributed by atoms with van der Waals surface area (Å²) in [6.07, 6.45) is 0. The normalized spacial score (nSPS) is 12.1. The molecule has 1 amide bonds. The number of anilines is 3. The second kappa shape index (κ2) is 7.58. The fourth-order valence-corrected chi connectivity index (χ4v) is 4.09. The standard InChI is InChI=1S/C21H15ClN2O3S/c22-14-10-9-13(11-15(14)23)21(26)27-12-20(25)24-16-5-1-3-7-18(16)28-19-8-4-2-6-17(19)24/h1-11H,12,23H2. The Hall–Kier alpha value is -2.96. The highest BCUT2D eigenvalue weighted by Gasteiger charge is 2.28. The Balaban J connectivity index is 1.57. The van der Waals surface area contributed by atoms with Crippen LogP contribution in [0.4, 0.5) is 17.1 Å². The van der Waals surface area contributed by atoms with Gasteiger partial charge in [-0.3, -0.25) is 9.69 Å². The molecule has 0 aliphatic carbocycles. The lowest BCUT2D eigenvalue weighted by Crippen LogP contribution is -2.32. The molecular weight excluding hydrogens is 396 g/mol. The van der Waals surface area contributed by atoms with Crippen molar-refractivity contribution in [2.75, 3.05) is 17.2 Å². The molecule has 0 unspecified atom stereocenters. The topological polar surface area (TPSA) is 72.6 Å². The molecule has 0 radical (unpaired) electrons. The first-order valence-electron chi connectivity index (χ1n) is 8.45. The van der Waals surface area contributed by atoms with E-state index >= 15 is 0 Å². The van der Waals surface area contributed by atoms with Gasteiger partial charge in [0.1, 0.15) is 0 Å². The zero-order chi connectivity index (χ0) is 19.7. The second-order valence-corrected chi connectivity index (χ2v) is 7.57. The molecule has 5 nitrogen and oxygen atoms in total. The summed E-state index contributed by atoms with van der Waals surface area (Å²) in [5, 5.41) is 0.353. The Morgan fingerprint density at radius 3 is 2.18 bits per heavy atom. The van der Waals surface area contributed by atoms with E-state index in [-0.39, 0.29) is 17.2 Å². The summed E-state index contributed by atoms with van der Waals surface area (Å²) in [5.74, 6) is -0.972. The smallest absolute Gasteiger partial charge is 0.338 e. The molecule has 3 aromatic carbocycles. The van der Waals surface area contributed by atoms with Crippen molar-refractivity contribution < 1.29 is 14.3 Å². The van der Waals surface area contributed by atoms with Crippen molar-refractivity contribution >= 4 is 52.3 Å². The van der Waals surface area contributed by atoms with Crippen LogP contribution in [-0.2, 0) is 9.53 Å². The summed E-state index contributed by atoms with van der Waals surface area (Å²) in [4.78, 5) is 28.8. The summed E-state index contributed by atoms with van der Waals surface area (Å²) in [6.45, 7) is -0.394. The number of benzene rings is 3. The van der Waals surface area contributed by atoms with Gasteiger partial charge in [-0.1, -0.05) is 47.6 Å². The SMILES string of the molecule is Nc1cc(C(=O)OCC(=O)N2c3ccccc3Sc3ccccc32)ccc1Cl. The average Bonchev–Trinajstić information content (AvgIpc) is 2.71. The molecule has 7 heteroatoms. The molecule has 140 valence electrons. The van der Waals surface area contributed by atoms with Crippen LogP contribution in [0.1, 0.15) is 10.4 Å². The number of carbonyl (C=O) groups is 2. The van der Waals surface area contributed by atoms with Crippen LogP contribution in [0.25, 0.3) is 0 Å². The lowest BCUT2D eigenvalue weighted by molar-refractivity contribution is -0.121. The van der Waals surface area contributed by atoms with E-state index in [1.165, 1.54) is 18.2 Å². The molecule has 3 aromatic rings. The first-order valence-corrected chi connectivity index (χ1v) is 9.65. The minimum atomic E-state index is -0.635. The van der Waals surface area contributed by atoms with Crippen LogP contribution < -0.4 is 10.6 Å². The Kier molecular flexibility index (Phi) is 4.98. The van der Waals surface area contributed by atoms with E-state index in [9.17, 15) is 9.59 Å². The van der Waals surface area contributed by atoms with E-state index in [1.54, 1.807) is 16.7 Å². The van der Waals surface area contributed by atoms with Crippen LogP contribution in [0.2, 0.25) is 5.02 Å². The quantitative estimate of drug-likeness (QED) is 0.490. The van der Waals surface area contributed by atoms with E-state index in [4.69, 9.17) is 22.1 Å². The summed E-state index contributed by atoms with van der Waals surface area (Å²) in [6, 6.07) is 19.7. The largest absolute Gasteiger partial charge is 0.452 e. The maximum absolute atomic E-state index is 13.0. The molecule has 0 saturated carbocycles. The third-order valence-electron chi connectivity index (χ3n) is 4.24. The van der Waals surface area contributed by atoms with E-state index in [0.717, 1.165) is 21.2 Å². The van der Waals surface area contributed by atoms with Crippen molar-refractivity contribution in [3.05, 3.63) is 77.3 Å². The van der Waals surface area contributed by atoms with Crippen molar-refractivity contribution in [3.8, 4) is 0 Å². The molecule has 0 atom stereocenters. The van der Waals surface area contributed by atoms with Crippen LogP contribution in [0, 0.1) is 0 Å². The number of amides is 1. The number of hydrogen-bond acceptors (Lipinski definition) is 5. The summed E-state index contributed by atoms with van der Waals surface area (Å²) >= 11 is 7.47. The van der Waals surface area contributed by atoms with Gasteiger partial charge in [0.05, 0.1) is 27.6 Å². The Morgan fingerprint density at radius 1 is 0.964 bits per heavy atom. The van der Waals surface area contributed by atoms with Crippen molar-refractivity contribution in [3.63, 3.8) is 0 Å². The van der Waals surface area contributed by atoms with Crippen molar-refractivity contribution in [1.29, 1.82) is 0 Å². The van der Waals surface area contributed by atoms with Crippen molar-refractivity contribution in [1.82, 2.24) is 0 Å². The van der Waals surface area contributed by atoms with Crippen molar-refractivity contribution in [2.24, 2.45) is 0 Å². The number of halogens is 1. The Bertz CT molecular complexity index is 1040. The van der Waals surface area contributed by atoms with Gasteiger partial charge in [0, 0.05) is 9.79 Å². The molecule has 0 fully saturated rings. The first kappa shape index (κ1) is 18.4. The zero-order valence-corrected chi connectivity index (χ0v) is 16.2. The summed E-state index contributed by atoms with van der Waals surface area (Å²) < 4.78 is 5.23. The van der Waals surface area contributed by atoms with E-state index in [0.29, 0.717) is 5.02 Å². The van der Waals surface area contributed by atoms with Crippen LogP contribution in [-0.4, -0.2) is 18.5 Å². The van der Waals surface area contributed by atoms with Gasteiger partial charge in [0.25, 0.3) is 5.91 Å². The predicted octanol–water partition coefficient (Wildman–Crippen LogP) is 4.91. The van der Waals surface area contributed by atoms with Gasteiger partial charge < -0.3 is 10.5 Å². The van der Waals surface area contributed by atoms with Gasteiger partial charge in [0.2, 0.25) is 0 Å². The van der Waals surface area contributed by atoms with E-state index < -0.39 is 12.6 Å². The van der Waals surface area contributed by atoms with Gasteiger partial charge in [-0.25, -0.2) is 4.79 Å². The predicted molar refractivity (Wildman–Crippen MR) is 110 cm³/mol. The Labute approximate surface area is 171 Å². The maximum Gasteiger partial charge on any atom is 0.338 e. The molecule has 28 heavy (non-hydrogen) atoms. The lowest BCUT2D eigenvalue weighted by Gasteiger charge is -2.30. The highest BCUT2D eigenvalue weighted by atomic mass is 35.5. The second-order valence-electron chi connectivity index (χ2n) is 6.08. The fourth-order valence-electron chi connectivity index (χ4n) is 2.92. The minimum Gasteiger partial charge on any atom is -0.452 e. The number of esters is 1. The molecule has 0 saturated heterocycles. The Morgan fingerprint density at radius 2 is 1.57 bits per heavy atom. The molecule has 1 aliphatic heterocycles. The van der Waals surface area contributed by atoms with Crippen LogP contribution in [0.3, 0.4) is 0 Å². The van der Waals surface area contributed by atoms with Gasteiger partial charge >= 0.3 is 5.97 Å². The van der Waals surface area contributed by atoms with Gasteiger partial charge in [0.15, 0.2) is 6.61 Å². The van der Waals surface area contributed by atoms with Crippen LogP contribution >= 0.6 is 23.4 Å². The van der Waals surface area contributed by atoms with Gasteiger partial charge in [-0.05, 0) is 42.5 Å². The third-order valence-corrected chi connectivity index (χ3v) is 5.71. The van der Waals surface area contributed by atoms with Crippen molar-refractivity contribution in [2.45, 2.75) is 9.79 Å². The number of ether oxygens (including phenoxy) is 1. The van der Waals surface area contributed by atoms with E-state index in [1.807, 2.05) is 48.5 Å². The minimum absolute atomic E-state index is 0.240. The first-order chi connectivity index (χ1) is 13.5. The maximum atomic E-state index is 13.0. The summed E-state index contributed by atoms with van der Waals surface area (Å²) in [5.41, 5.74) is 7.77. The van der Waals surface area contributed by atoms with Gasteiger partial charge in [-0.2, -0.15) is 0 Å². The number of rotatable bonds is 3. The van der Waals surface area contributed by atoms with Crippen LogP contribution in [0.5, 0.6) is 0 Å². The number of carbonyl (C=O) groups excluding carboxylic acids is 2. The number of nitrogens with two attached hydrogens (primary N) is 1. The molecule has 0 aromatic heterocycles. The number of fused-ring (bicyclic) bond motifs is 2. The zero-order valence-electron chi connectivity index (χ0n) is 14.6. The average molecular weight is 411 g/mol. The number of nitrogen functional groups attached to an aromatic ring is 1. The monoisotopic (exact) mass is 410 g/mol.